The van der Waals surface area contributed by atoms with E-state index in [9.17, 15) is 14.4 Å². The number of thioether (sulfide) groups is 1. The standard InChI is InChI=1S/C30H47N3O4S/c1-12-37-28(36)20(4)18-22(19(2)3)32(10)26(35)23(29(5,6)7)31-25(34)24-30(8,9)38-27(33(24)11)21-16-14-13-15-17-21/h13-19,22-24,27H,12H2,1-11H3,(H,31,34)/t22-,23-,24?,27+/m1/s1. The molecule has 7 nitrogen and oxygen atoms in total. The molecule has 4 atom stereocenters. The number of likely N-dealkylation sites (N-methyl/N-ethyl adjacent to an activating group) is 2. The van der Waals surface area contributed by atoms with E-state index in [0.717, 1.165) is 5.56 Å². The molecule has 38 heavy (non-hydrogen) atoms. The van der Waals surface area contributed by atoms with Crippen molar-refractivity contribution in [3.05, 3.63) is 47.5 Å². The zero-order valence-electron chi connectivity index (χ0n) is 25.0. The lowest BCUT2D eigenvalue weighted by Gasteiger charge is -2.39. The summed E-state index contributed by atoms with van der Waals surface area (Å²) in [6, 6.07) is 8.67. The number of carbonyl (C=O) groups excluding carboxylic acids is 3. The van der Waals surface area contributed by atoms with E-state index in [1.807, 2.05) is 59.9 Å². The topological polar surface area (TPSA) is 79.0 Å². The molecule has 1 aromatic carbocycles. The number of esters is 1. The SMILES string of the molecule is CCOC(=O)C(C)=C[C@H](C(C)C)N(C)C(=O)[C@@H](NC(=O)C1N(C)[C@H](c2ccccc2)SC1(C)C)C(C)(C)C. The minimum atomic E-state index is -0.748. The normalized spacial score (nSPS) is 21.6. The first-order chi connectivity index (χ1) is 17.5. The molecule has 2 rings (SSSR count). The summed E-state index contributed by atoms with van der Waals surface area (Å²) in [6.45, 7) is 17.8. The van der Waals surface area contributed by atoms with Crippen LogP contribution >= 0.6 is 11.8 Å². The van der Waals surface area contributed by atoms with Crippen LogP contribution in [0.5, 0.6) is 0 Å². The quantitative estimate of drug-likeness (QED) is 0.346. The monoisotopic (exact) mass is 545 g/mol. The minimum Gasteiger partial charge on any atom is -0.463 e. The number of nitrogens with zero attached hydrogens (tertiary/aromatic N) is 2. The van der Waals surface area contributed by atoms with Crippen LogP contribution in [0.3, 0.4) is 0 Å². The maximum Gasteiger partial charge on any atom is 0.333 e. The Labute approximate surface area is 233 Å². The Hall–Kier alpha value is -2.32. The lowest BCUT2D eigenvalue weighted by molar-refractivity contribution is -0.141. The van der Waals surface area contributed by atoms with Crippen LogP contribution in [0.1, 0.15) is 73.3 Å². The van der Waals surface area contributed by atoms with E-state index >= 15 is 0 Å². The van der Waals surface area contributed by atoms with Gasteiger partial charge in [0, 0.05) is 17.4 Å². The average molecular weight is 546 g/mol. The summed E-state index contributed by atoms with van der Waals surface area (Å²) in [4.78, 5) is 43.8. The van der Waals surface area contributed by atoms with Gasteiger partial charge in [-0.25, -0.2) is 4.79 Å². The molecular weight excluding hydrogens is 498 g/mol. The number of carbonyl (C=O) groups is 3. The third-order valence-electron chi connectivity index (χ3n) is 7.08. The van der Waals surface area contributed by atoms with Crippen molar-refractivity contribution in [3.63, 3.8) is 0 Å². The van der Waals surface area contributed by atoms with Crippen molar-refractivity contribution < 1.29 is 19.1 Å². The molecule has 0 bridgehead atoms. The van der Waals surface area contributed by atoms with Crippen molar-refractivity contribution in [1.82, 2.24) is 15.1 Å². The van der Waals surface area contributed by atoms with Gasteiger partial charge < -0.3 is 15.0 Å². The fraction of sp³-hybridized carbons (Fsp3) is 0.633. The lowest BCUT2D eigenvalue weighted by Crippen LogP contribution is -2.60. The molecule has 1 saturated heterocycles. The zero-order chi connectivity index (χ0) is 29.0. The lowest BCUT2D eigenvalue weighted by atomic mass is 9.84. The fourth-order valence-corrected chi connectivity index (χ4v) is 6.58. The number of nitrogens with one attached hydrogen (secondary N) is 1. The summed E-state index contributed by atoms with van der Waals surface area (Å²) in [5.74, 6) is -0.697. The molecule has 1 aromatic rings. The molecule has 0 spiro atoms. The van der Waals surface area contributed by atoms with Crippen LogP contribution < -0.4 is 5.32 Å². The van der Waals surface area contributed by atoms with Crippen LogP contribution in [0, 0.1) is 11.3 Å². The predicted molar refractivity (Wildman–Crippen MR) is 156 cm³/mol. The highest BCUT2D eigenvalue weighted by molar-refractivity contribution is 8.01. The molecule has 0 aliphatic carbocycles. The van der Waals surface area contributed by atoms with Gasteiger partial charge in [0.2, 0.25) is 11.8 Å². The molecule has 0 aromatic heterocycles. The summed E-state index contributed by atoms with van der Waals surface area (Å²) in [5.41, 5.74) is 1.07. The Morgan fingerprint density at radius 3 is 2.26 bits per heavy atom. The van der Waals surface area contributed by atoms with E-state index in [4.69, 9.17) is 4.74 Å². The smallest absolute Gasteiger partial charge is 0.333 e. The third-order valence-corrected chi connectivity index (χ3v) is 8.74. The Kier molecular flexibility index (Phi) is 10.7. The van der Waals surface area contributed by atoms with Gasteiger partial charge in [0.1, 0.15) is 12.1 Å². The van der Waals surface area contributed by atoms with Gasteiger partial charge >= 0.3 is 5.97 Å². The first-order valence-corrected chi connectivity index (χ1v) is 14.3. The van der Waals surface area contributed by atoms with Crippen molar-refractivity contribution in [2.45, 2.75) is 90.6 Å². The predicted octanol–water partition coefficient (Wildman–Crippen LogP) is 5.03. The van der Waals surface area contributed by atoms with Crippen molar-refractivity contribution in [3.8, 4) is 0 Å². The Morgan fingerprint density at radius 2 is 1.76 bits per heavy atom. The highest BCUT2D eigenvalue weighted by Crippen LogP contribution is 2.51. The van der Waals surface area contributed by atoms with E-state index in [0.29, 0.717) is 12.2 Å². The van der Waals surface area contributed by atoms with Crippen molar-refractivity contribution in [2.75, 3.05) is 20.7 Å². The van der Waals surface area contributed by atoms with Crippen LogP contribution in [-0.2, 0) is 19.1 Å². The van der Waals surface area contributed by atoms with Gasteiger partial charge in [0.25, 0.3) is 0 Å². The highest BCUT2D eigenvalue weighted by Gasteiger charge is 2.51. The molecule has 0 saturated carbocycles. The average Bonchev–Trinajstić information content (AvgIpc) is 3.07. The molecule has 1 fully saturated rings. The summed E-state index contributed by atoms with van der Waals surface area (Å²) in [5, 5.41) is 3.17. The molecule has 1 aliphatic rings. The Bertz CT molecular complexity index is 1020. The summed E-state index contributed by atoms with van der Waals surface area (Å²) in [7, 11) is 3.71. The van der Waals surface area contributed by atoms with E-state index in [1.165, 1.54) is 0 Å². The van der Waals surface area contributed by atoms with E-state index < -0.39 is 23.5 Å². The summed E-state index contributed by atoms with van der Waals surface area (Å²) >= 11 is 1.76. The molecule has 0 radical (unpaired) electrons. The summed E-state index contributed by atoms with van der Waals surface area (Å²) in [6.07, 6.45) is 1.79. The third kappa shape index (κ3) is 7.41. The van der Waals surface area contributed by atoms with Crippen LogP contribution in [0.15, 0.2) is 42.0 Å². The van der Waals surface area contributed by atoms with E-state index in [-0.39, 0.29) is 33.9 Å². The number of benzene rings is 1. The number of hydrogen-bond acceptors (Lipinski definition) is 6. The van der Waals surface area contributed by atoms with E-state index in [2.05, 4.69) is 36.2 Å². The number of ether oxygens (including phenoxy) is 1. The largest absolute Gasteiger partial charge is 0.463 e. The Morgan fingerprint density at radius 1 is 1.18 bits per heavy atom. The second-order valence-corrected chi connectivity index (χ2v) is 13.8. The Balaban J connectivity index is 2.33. The highest BCUT2D eigenvalue weighted by atomic mass is 32.2. The minimum absolute atomic E-state index is 0.0368. The first-order valence-electron chi connectivity index (χ1n) is 13.4. The first kappa shape index (κ1) is 31.9. The summed E-state index contributed by atoms with van der Waals surface area (Å²) < 4.78 is 4.77. The van der Waals surface area contributed by atoms with Gasteiger partial charge in [-0.2, -0.15) is 0 Å². The second-order valence-electron chi connectivity index (χ2n) is 12.1. The van der Waals surface area contributed by atoms with Gasteiger partial charge in [0.15, 0.2) is 0 Å². The number of amides is 2. The molecule has 2 amide bonds. The number of hydrogen-bond donors (Lipinski definition) is 1. The van der Waals surface area contributed by atoms with E-state index in [1.54, 1.807) is 43.6 Å². The second kappa shape index (κ2) is 12.7. The fourth-order valence-electron chi connectivity index (χ4n) is 5.02. The molecule has 1 unspecified atom stereocenters. The molecule has 1 N–H and O–H groups in total. The van der Waals surface area contributed by atoms with Crippen molar-refractivity contribution in [2.24, 2.45) is 11.3 Å². The van der Waals surface area contributed by atoms with Crippen molar-refractivity contribution >= 4 is 29.5 Å². The molecule has 1 aliphatic heterocycles. The molecular formula is C30H47N3O4S. The molecule has 8 heteroatoms. The van der Waals surface area contributed by atoms with Gasteiger partial charge in [-0.1, -0.05) is 71.0 Å². The van der Waals surface area contributed by atoms with Crippen LogP contribution in [0.2, 0.25) is 0 Å². The van der Waals surface area contributed by atoms with Crippen LogP contribution in [0.4, 0.5) is 0 Å². The zero-order valence-corrected chi connectivity index (χ0v) is 25.8. The number of rotatable bonds is 9. The van der Waals surface area contributed by atoms with Crippen LogP contribution in [-0.4, -0.2) is 71.2 Å². The molecule has 212 valence electrons. The van der Waals surface area contributed by atoms with Gasteiger partial charge in [-0.15, -0.1) is 11.8 Å². The van der Waals surface area contributed by atoms with Gasteiger partial charge in [-0.05, 0) is 51.6 Å². The van der Waals surface area contributed by atoms with Gasteiger partial charge in [-0.3, -0.25) is 14.5 Å². The maximum atomic E-state index is 13.9. The van der Waals surface area contributed by atoms with Crippen molar-refractivity contribution in [1.29, 1.82) is 0 Å². The van der Waals surface area contributed by atoms with Gasteiger partial charge in [0.05, 0.1) is 18.0 Å². The maximum absolute atomic E-state index is 13.9. The van der Waals surface area contributed by atoms with Crippen LogP contribution in [0.25, 0.3) is 0 Å². The molecule has 1 heterocycles.